The minimum absolute atomic E-state index is 0.236. The summed E-state index contributed by atoms with van der Waals surface area (Å²) in [5, 5.41) is 5.68. The summed E-state index contributed by atoms with van der Waals surface area (Å²) in [5.41, 5.74) is 6.82. The molecule has 4 aromatic carbocycles. The first kappa shape index (κ1) is 25.1. The normalized spacial score (nSPS) is 11.2. The highest BCUT2D eigenvalue weighted by atomic mass is 19.2. The van der Waals surface area contributed by atoms with Gasteiger partial charge < -0.3 is 15.5 Å². The molecule has 192 valence electrons. The van der Waals surface area contributed by atoms with E-state index in [-0.39, 0.29) is 6.03 Å². The molecule has 1 heterocycles. The SMILES string of the molecule is CN(C)CCNC(=O)Nc1ccc(-c2ccc3ncn(-c4ccc(-c5ccc(F)c(F)c5)cc4)c3c2)cc1. The van der Waals surface area contributed by atoms with Crippen molar-refractivity contribution in [2.24, 2.45) is 0 Å². The van der Waals surface area contributed by atoms with Crippen molar-refractivity contribution in [3.05, 3.63) is 103 Å². The number of carbonyl (C=O) groups is 1. The molecular weight excluding hydrogens is 484 g/mol. The molecule has 6 nitrogen and oxygen atoms in total. The smallest absolute Gasteiger partial charge is 0.319 e. The Bertz CT molecular complexity index is 1580. The van der Waals surface area contributed by atoms with Crippen LogP contribution in [-0.4, -0.2) is 47.7 Å². The Morgan fingerprint density at radius 2 is 1.45 bits per heavy atom. The number of nitrogens with zero attached hydrogens (tertiary/aromatic N) is 3. The van der Waals surface area contributed by atoms with E-state index in [1.54, 1.807) is 12.4 Å². The molecule has 8 heteroatoms. The molecule has 2 N–H and O–H groups in total. The van der Waals surface area contributed by atoms with Crippen molar-refractivity contribution < 1.29 is 13.6 Å². The topological polar surface area (TPSA) is 62.2 Å². The molecule has 0 radical (unpaired) electrons. The Balaban J connectivity index is 1.34. The summed E-state index contributed by atoms with van der Waals surface area (Å²) in [6, 6.07) is 25.0. The van der Waals surface area contributed by atoms with E-state index < -0.39 is 11.6 Å². The second-order valence-corrected chi connectivity index (χ2v) is 9.26. The van der Waals surface area contributed by atoms with Gasteiger partial charge in [0.15, 0.2) is 11.6 Å². The van der Waals surface area contributed by atoms with Crippen LogP contribution in [0.1, 0.15) is 0 Å². The van der Waals surface area contributed by atoms with Gasteiger partial charge >= 0.3 is 6.03 Å². The van der Waals surface area contributed by atoms with Gasteiger partial charge in [0.25, 0.3) is 0 Å². The fraction of sp³-hybridized carbons (Fsp3) is 0.133. The van der Waals surface area contributed by atoms with Gasteiger partial charge in [-0.3, -0.25) is 4.57 Å². The van der Waals surface area contributed by atoms with Gasteiger partial charge in [-0.25, -0.2) is 18.6 Å². The van der Waals surface area contributed by atoms with E-state index in [1.807, 2.05) is 84.2 Å². The zero-order valence-electron chi connectivity index (χ0n) is 21.1. The van der Waals surface area contributed by atoms with E-state index in [1.165, 1.54) is 6.07 Å². The highest BCUT2D eigenvalue weighted by Gasteiger charge is 2.09. The number of urea groups is 1. The quantitative estimate of drug-likeness (QED) is 0.269. The molecule has 0 unspecified atom stereocenters. The van der Waals surface area contributed by atoms with Gasteiger partial charge in [-0.05, 0) is 84.9 Å². The van der Waals surface area contributed by atoms with Crippen LogP contribution in [0.4, 0.5) is 19.3 Å². The molecule has 0 saturated carbocycles. The van der Waals surface area contributed by atoms with Crippen molar-refractivity contribution in [2.75, 3.05) is 32.5 Å². The third-order valence-electron chi connectivity index (χ3n) is 6.27. The van der Waals surface area contributed by atoms with Crippen LogP contribution in [-0.2, 0) is 0 Å². The number of fused-ring (bicyclic) bond motifs is 1. The van der Waals surface area contributed by atoms with Gasteiger partial charge in [-0.1, -0.05) is 36.4 Å². The third kappa shape index (κ3) is 5.55. The lowest BCUT2D eigenvalue weighted by Crippen LogP contribution is -2.34. The lowest BCUT2D eigenvalue weighted by molar-refractivity contribution is 0.250. The van der Waals surface area contributed by atoms with Gasteiger partial charge in [0.2, 0.25) is 0 Å². The van der Waals surface area contributed by atoms with E-state index in [0.29, 0.717) is 17.8 Å². The number of imidazole rings is 1. The number of anilines is 1. The molecule has 0 aliphatic heterocycles. The molecule has 0 spiro atoms. The Hall–Kier alpha value is -4.56. The van der Waals surface area contributed by atoms with Crippen molar-refractivity contribution in [1.82, 2.24) is 19.8 Å². The fourth-order valence-electron chi connectivity index (χ4n) is 4.20. The Labute approximate surface area is 219 Å². The Morgan fingerprint density at radius 3 is 2.13 bits per heavy atom. The van der Waals surface area contributed by atoms with E-state index in [9.17, 15) is 13.6 Å². The summed E-state index contributed by atoms with van der Waals surface area (Å²) in [7, 11) is 3.91. The molecule has 0 aliphatic carbocycles. The first-order chi connectivity index (χ1) is 18.4. The second-order valence-electron chi connectivity index (χ2n) is 9.26. The number of hydrogen-bond acceptors (Lipinski definition) is 3. The maximum atomic E-state index is 13.7. The van der Waals surface area contributed by atoms with Crippen LogP contribution in [0.2, 0.25) is 0 Å². The first-order valence-corrected chi connectivity index (χ1v) is 12.2. The summed E-state index contributed by atoms with van der Waals surface area (Å²) in [6.45, 7) is 1.34. The number of likely N-dealkylation sites (N-methyl/N-ethyl adjacent to an activating group) is 1. The predicted molar refractivity (Wildman–Crippen MR) is 147 cm³/mol. The highest BCUT2D eigenvalue weighted by molar-refractivity contribution is 5.90. The molecule has 1 aromatic heterocycles. The van der Waals surface area contributed by atoms with Gasteiger partial charge in [0, 0.05) is 24.5 Å². The summed E-state index contributed by atoms with van der Waals surface area (Å²) in [6.07, 6.45) is 1.77. The molecule has 0 bridgehead atoms. The lowest BCUT2D eigenvalue weighted by Gasteiger charge is -2.12. The molecule has 38 heavy (non-hydrogen) atoms. The molecule has 0 atom stereocenters. The van der Waals surface area contributed by atoms with Crippen LogP contribution in [0.5, 0.6) is 0 Å². The van der Waals surface area contributed by atoms with Gasteiger partial charge in [-0.15, -0.1) is 0 Å². The molecule has 2 amide bonds. The number of halogens is 2. The van der Waals surface area contributed by atoms with Crippen LogP contribution < -0.4 is 10.6 Å². The highest BCUT2D eigenvalue weighted by Crippen LogP contribution is 2.28. The zero-order chi connectivity index (χ0) is 26.6. The number of benzene rings is 4. The van der Waals surface area contributed by atoms with Gasteiger partial charge in [-0.2, -0.15) is 0 Å². The first-order valence-electron chi connectivity index (χ1n) is 12.2. The minimum Gasteiger partial charge on any atom is -0.337 e. The number of rotatable bonds is 7. The van der Waals surface area contributed by atoms with Crippen LogP contribution >= 0.6 is 0 Å². The van der Waals surface area contributed by atoms with Crippen molar-refractivity contribution in [3.8, 4) is 27.9 Å². The van der Waals surface area contributed by atoms with Crippen molar-refractivity contribution in [2.45, 2.75) is 0 Å². The summed E-state index contributed by atoms with van der Waals surface area (Å²) >= 11 is 0. The molecule has 0 saturated heterocycles. The van der Waals surface area contributed by atoms with E-state index in [4.69, 9.17) is 0 Å². The summed E-state index contributed by atoms with van der Waals surface area (Å²) in [5.74, 6) is -1.73. The predicted octanol–water partition coefficient (Wildman–Crippen LogP) is 6.32. The largest absolute Gasteiger partial charge is 0.337 e. The maximum Gasteiger partial charge on any atom is 0.319 e. The Morgan fingerprint density at radius 1 is 0.816 bits per heavy atom. The zero-order valence-corrected chi connectivity index (χ0v) is 21.1. The van der Waals surface area contributed by atoms with Crippen LogP contribution in [0, 0.1) is 11.6 Å². The number of amides is 2. The van der Waals surface area contributed by atoms with Crippen LogP contribution in [0.3, 0.4) is 0 Å². The second kappa shape index (κ2) is 10.8. The molecule has 5 aromatic rings. The average Bonchev–Trinajstić information content (AvgIpc) is 3.34. The van der Waals surface area contributed by atoms with Crippen LogP contribution in [0.25, 0.3) is 39.0 Å². The standard InChI is InChI=1S/C30H27F2N5O/c1-36(2)16-15-33-30(38)35-24-9-3-20(4-10-24)23-8-14-28-29(18-23)37(19-34-28)25-11-5-21(6-12-25)22-7-13-26(31)27(32)17-22/h3-14,17-19H,15-16H2,1-2H3,(H2,33,35,38). The number of carbonyl (C=O) groups excluding carboxylic acids is 1. The maximum absolute atomic E-state index is 13.7. The summed E-state index contributed by atoms with van der Waals surface area (Å²) < 4.78 is 28.9. The fourth-order valence-corrected chi connectivity index (χ4v) is 4.20. The Kier molecular flexibility index (Phi) is 7.15. The average molecular weight is 512 g/mol. The molecule has 5 rings (SSSR count). The van der Waals surface area contributed by atoms with Crippen molar-refractivity contribution >= 4 is 22.8 Å². The van der Waals surface area contributed by atoms with Crippen LogP contribution in [0.15, 0.2) is 91.3 Å². The number of hydrogen-bond donors (Lipinski definition) is 2. The molecule has 0 aliphatic rings. The number of nitrogens with one attached hydrogen (secondary N) is 2. The van der Waals surface area contributed by atoms with E-state index in [0.717, 1.165) is 46.0 Å². The third-order valence-corrected chi connectivity index (χ3v) is 6.27. The molecule has 0 fully saturated rings. The van der Waals surface area contributed by atoms with Crippen molar-refractivity contribution in [3.63, 3.8) is 0 Å². The van der Waals surface area contributed by atoms with E-state index in [2.05, 4.69) is 21.7 Å². The number of aromatic nitrogens is 2. The van der Waals surface area contributed by atoms with Gasteiger partial charge in [0.05, 0.1) is 11.0 Å². The molecular formula is C30H27F2N5O. The lowest BCUT2D eigenvalue weighted by atomic mass is 10.0. The summed E-state index contributed by atoms with van der Waals surface area (Å²) in [4.78, 5) is 18.6. The monoisotopic (exact) mass is 511 g/mol. The minimum atomic E-state index is -0.869. The van der Waals surface area contributed by atoms with Gasteiger partial charge in [0.1, 0.15) is 6.33 Å². The van der Waals surface area contributed by atoms with E-state index >= 15 is 0 Å². The van der Waals surface area contributed by atoms with Crippen molar-refractivity contribution in [1.29, 1.82) is 0 Å².